The Labute approximate surface area is 209 Å². The molecule has 7 heteroatoms. The van der Waals surface area contributed by atoms with Crippen molar-refractivity contribution in [1.82, 2.24) is 0 Å². The summed E-state index contributed by atoms with van der Waals surface area (Å²) < 4.78 is 13.3. The third-order valence-corrected chi connectivity index (χ3v) is 6.87. The Morgan fingerprint density at radius 1 is 1.03 bits per heavy atom. The van der Waals surface area contributed by atoms with Gasteiger partial charge in [0.05, 0.1) is 10.5 Å². The molecule has 0 aromatic heterocycles. The average molecular weight is 489 g/mol. The van der Waals surface area contributed by atoms with E-state index in [0.29, 0.717) is 22.7 Å². The number of carboxylic acids is 1. The molecule has 2 N–H and O–H groups in total. The molecule has 1 atom stereocenters. The van der Waals surface area contributed by atoms with Crippen LogP contribution < -0.4 is 5.32 Å². The predicted molar refractivity (Wildman–Crippen MR) is 140 cm³/mol. The fraction of sp³-hybridized carbons (Fsp3) is 0.276. The number of hydrogen-bond donors (Lipinski definition) is 2. The summed E-state index contributed by atoms with van der Waals surface area (Å²) in [7, 11) is 0. The molecule has 0 saturated heterocycles. The van der Waals surface area contributed by atoms with Crippen LogP contribution in [0.3, 0.4) is 0 Å². The highest BCUT2D eigenvalue weighted by molar-refractivity contribution is 5.94. The van der Waals surface area contributed by atoms with E-state index < -0.39 is 10.9 Å². The molecule has 0 amide bonds. The first-order chi connectivity index (χ1) is 17.3. The maximum Gasteiger partial charge on any atom is 0.336 e. The molecule has 1 saturated carbocycles. The lowest BCUT2D eigenvalue weighted by atomic mass is 9.84. The Balaban J connectivity index is 1.60. The maximum atomic E-state index is 13.3. The molecule has 0 heterocycles. The van der Waals surface area contributed by atoms with Gasteiger partial charge >= 0.3 is 5.97 Å². The molecule has 1 unspecified atom stereocenters. The van der Waals surface area contributed by atoms with Crippen LogP contribution in [0.4, 0.5) is 15.8 Å². The van der Waals surface area contributed by atoms with Crippen LogP contribution in [0.5, 0.6) is 0 Å². The van der Waals surface area contributed by atoms with Crippen molar-refractivity contribution in [2.75, 3.05) is 5.32 Å². The Morgan fingerprint density at radius 2 is 1.72 bits per heavy atom. The van der Waals surface area contributed by atoms with Crippen LogP contribution in [0, 0.1) is 21.8 Å². The largest absolute Gasteiger partial charge is 0.478 e. The summed E-state index contributed by atoms with van der Waals surface area (Å²) in [6.45, 7) is 2.08. The molecule has 1 aliphatic carbocycles. The number of anilines is 1. The number of hydrogen-bond acceptors (Lipinski definition) is 4. The maximum absolute atomic E-state index is 13.3. The molecular formula is C29H29FN2O4. The van der Waals surface area contributed by atoms with E-state index >= 15 is 0 Å². The fourth-order valence-electron chi connectivity index (χ4n) is 4.83. The average Bonchev–Trinajstić information content (AvgIpc) is 2.88. The van der Waals surface area contributed by atoms with E-state index in [2.05, 4.69) is 12.2 Å². The molecule has 3 aromatic carbocycles. The van der Waals surface area contributed by atoms with Crippen molar-refractivity contribution >= 4 is 29.5 Å². The number of nitro benzene ring substituents is 1. The minimum absolute atomic E-state index is 0.0154. The molecule has 0 bridgehead atoms. The summed E-state index contributed by atoms with van der Waals surface area (Å²) in [4.78, 5) is 23.2. The summed E-state index contributed by atoms with van der Waals surface area (Å²) >= 11 is 0. The van der Waals surface area contributed by atoms with Gasteiger partial charge < -0.3 is 10.4 Å². The minimum atomic E-state index is -1.08. The van der Waals surface area contributed by atoms with E-state index in [1.54, 1.807) is 48.6 Å². The van der Waals surface area contributed by atoms with Gasteiger partial charge in [0.25, 0.3) is 5.69 Å². The molecule has 0 spiro atoms. The quantitative estimate of drug-likeness (QED) is 0.193. The van der Waals surface area contributed by atoms with Crippen molar-refractivity contribution < 1.29 is 19.2 Å². The van der Waals surface area contributed by atoms with Crippen molar-refractivity contribution in [2.45, 2.75) is 45.1 Å². The first-order valence-corrected chi connectivity index (χ1v) is 12.2. The number of nitrogens with one attached hydrogen (secondary N) is 1. The van der Waals surface area contributed by atoms with Crippen molar-refractivity contribution in [3.63, 3.8) is 0 Å². The van der Waals surface area contributed by atoms with Gasteiger partial charge in [0, 0.05) is 12.1 Å². The highest BCUT2D eigenvalue weighted by Gasteiger charge is 2.23. The van der Waals surface area contributed by atoms with E-state index in [1.165, 1.54) is 43.5 Å². The molecule has 1 fully saturated rings. The zero-order chi connectivity index (χ0) is 25.7. The SMILES string of the molecule is CC(Nc1ccc(/C=C/c2cc(-c3ccc(F)cc3)ccc2C(=O)O)cc1[N+](=O)[O-])C1CCCCC1. The van der Waals surface area contributed by atoms with Gasteiger partial charge in [0.1, 0.15) is 11.5 Å². The smallest absolute Gasteiger partial charge is 0.336 e. The first-order valence-electron chi connectivity index (χ1n) is 12.2. The summed E-state index contributed by atoms with van der Waals surface area (Å²) in [5.41, 5.74) is 3.09. The van der Waals surface area contributed by atoms with Crippen LogP contribution in [0.15, 0.2) is 60.7 Å². The highest BCUT2D eigenvalue weighted by atomic mass is 19.1. The van der Waals surface area contributed by atoms with Crippen LogP contribution in [0.1, 0.15) is 60.5 Å². The summed E-state index contributed by atoms with van der Waals surface area (Å²) in [6.07, 6.45) is 9.20. The van der Waals surface area contributed by atoms with Gasteiger partial charge in [-0.05, 0) is 78.3 Å². The lowest BCUT2D eigenvalue weighted by molar-refractivity contribution is -0.384. The van der Waals surface area contributed by atoms with Crippen LogP contribution in [-0.2, 0) is 0 Å². The van der Waals surface area contributed by atoms with Crippen LogP contribution in [-0.4, -0.2) is 22.0 Å². The molecule has 0 radical (unpaired) electrons. The second kappa shape index (κ2) is 11.2. The second-order valence-electron chi connectivity index (χ2n) is 9.31. The third kappa shape index (κ3) is 5.97. The molecule has 6 nitrogen and oxygen atoms in total. The van der Waals surface area contributed by atoms with Crippen molar-refractivity contribution in [3.05, 3.63) is 93.3 Å². The van der Waals surface area contributed by atoms with E-state index in [0.717, 1.165) is 24.0 Å². The van der Waals surface area contributed by atoms with Gasteiger partial charge in [0.15, 0.2) is 0 Å². The Morgan fingerprint density at radius 3 is 2.39 bits per heavy atom. The van der Waals surface area contributed by atoms with Gasteiger partial charge in [-0.25, -0.2) is 9.18 Å². The van der Waals surface area contributed by atoms with E-state index in [4.69, 9.17) is 0 Å². The Kier molecular flexibility index (Phi) is 7.78. The van der Waals surface area contributed by atoms with Gasteiger partial charge in [0.2, 0.25) is 0 Å². The van der Waals surface area contributed by atoms with Gasteiger partial charge in [-0.2, -0.15) is 0 Å². The molecule has 36 heavy (non-hydrogen) atoms. The van der Waals surface area contributed by atoms with Crippen molar-refractivity contribution in [2.24, 2.45) is 5.92 Å². The monoisotopic (exact) mass is 488 g/mol. The van der Waals surface area contributed by atoms with Crippen LogP contribution >= 0.6 is 0 Å². The predicted octanol–water partition coefficient (Wildman–Crippen LogP) is 7.65. The Hall–Kier alpha value is -4.00. The number of carbonyl (C=O) groups is 1. The van der Waals surface area contributed by atoms with Crippen LogP contribution in [0.2, 0.25) is 0 Å². The molecular weight excluding hydrogens is 459 g/mol. The molecule has 1 aliphatic rings. The first kappa shape index (κ1) is 25.1. The number of nitro groups is 1. The highest BCUT2D eigenvalue weighted by Crippen LogP contribution is 2.32. The number of aromatic carboxylic acids is 1. The number of carboxylic acid groups (broad SMARTS) is 1. The van der Waals surface area contributed by atoms with Crippen LogP contribution in [0.25, 0.3) is 23.3 Å². The number of halogens is 1. The van der Waals surface area contributed by atoms with E-state index in [9.17, 15) is 24.4 Å². The molecule has 186 valence electrons. The number of benzene rings is 3. The van der Waals surface area contributed by atoms with Gasteiger partial charge in [-0.1, -0.05) is 55.7 Å². The minimum Gasteiger partial charge on any atom is -0.478 e. The van der Waals surface area contributed by atoms with E-state index in [-0.39, 0.29) is 23.1 Å². The molecule has 3 aromatic rings. The Bertz CT molecular complexity index is 1280. The standard InChI is InChI=1S/C29H29FN2O4/c1-19(21-5-3-2-4-6-21)31-27-16-8-20(17-28(27)32(35)36)7-9-24-18-23(12-15-26(24)29(33)34)22-10-13-25(30)14-11-22/h7-19,21,31H,2-6H2,1H3,(H,33,34)/b9-7+. The van der Waals surface area contributed by atoms with Crippen molar-refractivity contribution in [3.8, 4) is 11.1 Å². The third-order valence-electron chi connectivity index (χ3n) is 6.87. The van der Waals surface area contributed by atoms with Gasteiger partial charge in [-0.15, -0.1) is 0 Å². The molecule has 4 rings (SSSR count). The summed E-state index contributed by atoms with van der Waals surface area (Å²) in [6, 6.07) is 16.0. The second-order valence-corrected chi connectivity index (χ2v) is 9.31. The normalized spacial score (nSPS) is 15.1. The van der Waals surface area contributed by atoms with E-state index in [1.807, 2.05) is 0 Å². The lowest BCUT2D eigenvalue weighted by Crippen LogP contribution is -2.27. The number of nitrogens with zero attached hydrogens (tertiary/aromatic N) is 1. The zero-order valence-corrected chi connectivity index (χ0v) is 20.1. The number of rotatable bonds is 8. The summed E-state index contributed by atoms with van der Waals surface area (Å²) in [5.74, 6) is -0.933. The fourth-order valence-corrected chi connectivity index (χ4v) is 4.83. The zero-order valence-electron chi connectivity index (χ0n) is 20.1. The molecule has 0 aliphatic heterocycles. The summed E-state index contributed by atoms with van der Waals surface area (Å²) in [5, 5.41) is 24.8. The topological polar surface area (TPSA) is 92.5 Å². The van der Waals surface area contributed by atoms with Crippen molar-refractivity contribution in [1.29, 1.82) is 0 Å². The lowest BCUT2D eigenvalue weighted by Gasteiger charge is -2.28. The van der Waals surface area contributed by atoms with Gasteiger partial charge in [-0.3, -0.25) is 10.1 Å².